The summed E-state index contributed by atoms with van der Waals surface area (Å²) >= 11 is 0. The van der Waals surface area contributed by atoms with Gasteiger partial charge in [0.2, 0.25) is 10.0 Å². The third-order valence-corrected chi connectivity index (χ3v) is 4.28. The van der Waals surface area contributed by atoms with Crippen LogP contribution in [0, 0.1) is 12.7 Å². The normalized spacial score (nSPS) is 13.0. The summed E-state index contributed by atoms with van der Waals surface area (Å²) in [7, 11) is -3.76. The van der Waals surface area contributed by atoms with E-state index in [1.807, 2.05) is 6.92 Å². The zero-order valence-electron chi connectivity index (χ0n) is 11.8. The Morgan fingerprint density at radius 3 is 2.52 bits per heavy atom. The first-order valence-electron chi connectivity index (χ1n) is 6.43. The van der Waals surface area contributed by atoms with E-state index in [4.69, 9.17) is 5.14 Å². The smallest absolute Gasteiger partial charge is 0.238 e. The molecule has 0 aliphatic heterocycles. The molecule has 0 amide bonds. The van der Waals surface area contributed by atoms with Gasteiger partial charge < -0.3 is 5.32 Å². The Balaban J connectivity index is 2.28. The summed E-state index contributed by atoms with van der Waals surface area (Å²) in [5.41, 5.74) is 1.97. The van der Waals surface area contributed by atoms with E-state index in [1.165, 1.54) is 18.2 Å². The van der Waals surface area contributed by atoms with Gasteiger partial charge in [-0.05, 0) is 49.2 Å². The summed E-state index contributed by atoms with van der Waals surface area (Å²) in [6, 6.07) is 11.0. The number of sulfonamides is 1. The van der Waals surface area contributed by atoms with Gasteiger partial charge in [-0.3, -0.25) is 0 Å². The summed E-state index contributed by atoms with van der Waals surface area (Å²) in [4.78, 5) is 0.0824. The van der Waals surface area contributed by atoms with Crippen LogP contribution in [0.5, 0.6) is 0 Å². The molecule has 0 aromatic heterocycles. The molecule has 1 atom stereocenters. The fraction of sp³-hybridized carbons (Fsp3) is 0.200. The predicted octanol–water partition coefficient (Wildman–Crippen LogP) is 2.95. The van der Waals surface area contributed by atoms with Crippen molar-refractivity contribution in [2.75, 3.05) is 5.32 Å². The van der Waals surface area contributed by atoms with Gasteiger partial charge in [0.1, 0.15) is 5.82 Å². The molecule has 4 nitrogen and oxygen atoms in total. The third-order valence-electron chi connectivity index (χ3n) is 3.23. The standard InChI is InChI=1S/C15H17FN2O2S/c1-10-6-7-14(9-15(10)21(17,19)20)18-11(2)12-4-3-5-13(16)8-12/h3-9,11,18H,1-2H3,(H2,17,19,20). The Bertz CT molecular complexity index is 760. The maximum absolute atomic E-state index is 13.2. The van der Waals surface area contributed by atoms with Gasteiger partial charge in [0.15, 0.2) is 0 Å². The van der Waals surface area contributed by atoms with Crippen LogP contribution in [-0.2, 0) is 10.0 Å². The SMILES string of the molecule is Cc1ccc(NC(C)c2cccc(F)c2)cc1S(N)(=O)=O. The molecule has 2 aromatic carbocycles. The Morgan fingerprint density at radius 2 is 1.90 bits per heavy atom. The van der Waals surface area contributed by atoms with Crippen molar-refractivity contribution in [3.8, 4) is 0 Å². The van der Waals surface area contributed by atoms with Crippen LogP contribution in [0.4, 0.5) is 10.1 Å². The molecule has 0 fully saturated rings. The number of halogens is 1. The third kappa shape index (κ3) is 3.80. The van der Waals surface area contributed by atoms with Crippen molar-refractivity contribution in [3.63, 3.8) is 0 Å². The average Bonchev–Trinajstić information content (AvgIpc) is 2.39. The summed E-state index contributed by atoms with van der Waals surface area (Å²) in [6.45, 7) is 3.55. The molecule has 0 bridgehead atoms. The van der Waals surface area contributed by atoms with Crippen molar-refractivity contribution >= 4 is 15.7 Å². The lowest BCUT2D eigenvalue weighted by atomic mass is 10.1. The van der Waals surface area contributed by atoms with E-state index < -0.39 is 10.0 Å². The number of rotatable bonds is 4. The van der Waals surface area contributed by atoms with E-state index >= 15 is 0 Å². The minimum atomic E-state index is -3.76. The van der Waals surface area contributed by atoms with Crippen LogP contribution >= 0.6 is 0 Å². The van der Waals surface area contributed by atoms with Crippen molar-refractivity contribution in [1.29, 1.82) is 0 Å². The average molecular weight is 308 g/mol. The summed E-state index contributed by atoms with van der Waals surface area (Å²) in [5, 5.41) is 8.32. The van der Waals surface area contributed by atoms with E-state index in [1.54, 1.807) is 31.2 Å². The lowest BCUT2D eigenvalue weighted by Gasteiger charge is -2.17. The number of hydrogen-bond acceptors (Lipinski definition) is 3. The molecule has 0 spiro atoms. The molecule has 3 N–H and O–H groups in total. The summed E-state index contributed by atoms with van der Waals surface area (Å²) in [5.74, 6) is -0.310. The van der Waals surface area contributed by atoms with Crippen LogP contribution in [-0.4, -0.2) is 8.42 Å². The van der Waals surface area contributed by atoms with Gasteiger partial charge in [-0.1, -0.05) is 18.2 Å². The fourth-order valence-electron chi connectivity index (χ4n) is 2.11. The topological polar surface area (TPSA) is 72.2 Å². The van der Waals surface area contributed by atoms with Crippen molar-refractivity contribution in [2.45, 2.75) is 24.8 Å². The molecule has 0 heterocycles. The van der Waals surface area contributed by atoms with Crippen molar-refractivity contribution < 1.29 is 12.8 Å². The number of anilines is 1. The van der Waals surface area contributed by atoms with Crippen LogP contribution in [0.1, 0.15) is 24.1 Å². The minimum absolute atomic E-state index is 0.0824. The molecule has 1 unspecified atom stereocenters. The first kappa shape index (κ1) is 15.5. The lowest BCUT2D eigenvalue weighted by Crippen LogP contribution is -2.14. The first-order chi connectivity index (χ1) is 9.77. The van der Waals surface area contributed by atoms with Crippen LogP contribution < -0.4 is 10.5 Å². The molecule has 21 heavy (non-hydrogen) atoms. The van der Waals surface area contributed by atoms with Gasteiger partial charge in [0, 0.05) is 11.7 Å². The monoisotopic (exact) mass is 308 g/mol. The molecule has 0 saturated carbocycles. The lowest BCUT2D eigenvalue weighted by molar-refractivity contribution is 0.597. The molecule has 0 aliphatic rings. The van der Waals surface area contributed by atoms with Gasteiger partial charge >= 0.3 is 0 Å². The van der Waals surface area contributed by atoms with Crippen molar-refractivity contribution in [1.82, 2.24) is 0 Å². The van der Waals surface area contributed by atoms with E-state index in [-0.39, 0.29) is 16.8 Å². The molecule has 0 radical (unpaired) electrons. The largest absolute Gasteiger partial charge is 0.378 e. The molecule has 0 saturated heterocycles. The van der Waals surface area contributed by atoms with E-state index in [0.29, 0.717) is 11.3 Å². The number of hydrogen-bond donors (Lipinski definition) is 2. The second-order valence-electron chi connectivity index (χ2n) is 4.95. The van der Waals surface area contributed by atoms with Crippen LogP contribution in [0.2, 0.25) is 0 Å². The van der Waals surface area contributed by atoms with Crippen molar-refractivity contribution in [3.05, 3.63) is 59.4 Å². The van der Waals surface area contributed by atoms with E-state index in [0.717, 1.165) is 5.56 Å². The van der Waals surface area contributed by atoms with Crippen molar-refractivity contribution in [2.24, 2.45) is 5.14 Å². The van der Waals surface area contributed by atoms with Crippen LogP contribution in [0.15, 0.2) is 47.4 Å². The van der Waals surface area contributed by atoms with Crippen LogP contribution in [0.3, 0.4) is 0 Å². The number of aryl methyl sites for hydroxylation is 1. The number of nitrogens with one attached hydrogen (secondary N) is 1. The highest BCUT2D eigenvalue weighted by atomic mass is 32.2. The molecule has 112 valence electrons. The fourth-order valence-corrected chi connectivity index (χ4v) is 2.91. The molecular weight excluding hydrogens is 291 g/mol. The summed E-state index contributed by atoms with van der Waals surface area (Å²) < 4.78 is 36.2. The van der Waals surface area contributed by atoms with Gasteiger partial charge in [-0.15, -0.1) is 0 Å². The molecule has 0 aliphatic carbocycles. The number of benzene rings is 2. The Kier molecular flexibility index (Phi) is 4.29. The Hall–Kier alpha value is -1.92. The van der Waals surface area contributed by atoms with Gasteiger partial charge in [0.25, 0.3) is 0 Å². The highest BCUT2D eigenvalue weighted by Gasteiger charge is 2.13. The zero-order valence-corrected chi connectivity index (χ0v) is 12.6. The Morgan fingerprint density at radius 1 is 1.19 bits per heavy atom. The highest BCUT2D eigenvalue weighted by molar-refractivity contribution is 7.89. The second kappa shape index (κ2) is 5.83. The Labute approximate surface area is 123 Å². The van der Waals surface area contributed by atoms with E-state index in [9.17, 15) is 12.8 Å². The maximum Gasteiger partial charge on any atom is 0.238 e. The molecule has 6 heteroatoms. The number of primary sulfonamides is 1. The molecule has 2 rings (SSSR count). The number of nitrogens with two attached hydrogens (primary N) is 1. The quantitative estimate of drug-likeness (QED) is 0.912. The minimum Gasteiger partial charge on any atom is -0.378 e. The predicted molar refractivity (Wildman–Crippen MR) is 81.0 cm³/mol. The van der Waals surface area contributed by atoms with Gasteiger partial charge in [-0.2, -0.15) is 0 Å². The highest BCUT2D eigenvalue weighted by Crippen LogP contribution is 2.23. The molecule has 2 aromatic rings. The maximum atomic E-state index is 13.2. The summed E-state index contributed by atoms with van der Waals surface area (Å²) in [6.07, 6.45) is 0. The second-order valence-corrected chi connectivity index (χ2v) is 6.48. The van der Waals surface area contributed by atoms with Gasteiger partial charge in [0.05, 0.1) is 4.90 Å². The molecular formula is C15H17FN2O2S. The zero-order chi connectivity index (χ0) is 15.6. The van der Waals surface area contributed by atoms with Gasteiger partial charge in [-0.25, -0.2) is 17.9 Å². The van der Waals surface area contributed by atoms with E-state index in [2.05, 4.69) is 5.32 Å². The van der Waals surface area contributed by atoms with Crippen LogP contribution in [0.25, 0.3) is 0 Å². The first-order valence-corrected chi connectivity index (χ1v) is 7.97.